The normalized spacial score (nSPS) is 11.2. The summed E-state index contributed by atoms with van der Waals surface area (Å²) in [5, 5.41) is 0. The molecule has 4 nitrogen and oxygen atoms in total. The Bertz CT molecular complexity index is 1840. The van der Waals surface area contributed by atoms with E-state index >= 15 is 0 Å². The number of nitrogens with zero attached hydrogens (tertiary/aromatic N) is 3. The molecule has 7 aromatic rings. The molecule has 0 unspecified atom stereocenters. The number of hydrogen-bond acceptors (Lipinski definition) is 2. The van der Waals surface area contributed by atoms with Crippen LogP contribution in [0.3, 0.4) is 0 Å². The van der Waals surface area contributed by atoms with E-state index in [1.54, 1.807) is 12.4 Å². The highest BCUT2D eigenvalue weighted by atomic mass is 15.0. The molecule has 0 amide bonds. The summed E-state index contributed by atoms with van der Waals surface area (Å²) in [6.45, 7) is 0. The lowest BCUT2D eigenvalue weighted by Crippen LogP contribution is -2.18. The van der Waals surface area contributed by atoms with Crippen LogP contribution < -0.4 is 4.40 Å². The molecule has 0 radical (unpaired) electrons. The van der Waals surface area contributed by atoms with Gasteiger partial charge in [0.2, 0.25) is 0 Å². The lowest BCUT2D eigenvalue weighted by molar-refractivity contribution is -0.480. The Hall–Kier alpha value is -5.09. The van der Waals surface area contributed by atoms with Crippen LogP contribution in [0.5, 0.6) is 0 Å². The van der Waals surface area contributed by atoms with E-state index in [-0.39, 0.29) is 0 Å². The van der Waals surface area contributed by atoms with Crippen molar-refractivity contribution >= 4 is 16.7 Å². The van der Waals surface area contributed by atoms with Crippen molar-refractivity contribution < 1.29 is 4.40 Å². The maximum Gasteiger partial charge on any atom is 0.284 e. The summed E-state index contributed by atoms with van der Waals surface area (Å²) in [4.78, 5) is 12.2. The van der Waals surface area contributed by atoms with Crippen molar-refractivity contribution in [2.75, 3.05) is 0 Å². The number of pyridine rings is 3. The number of imidazole rings is 1. The SMILES string of the molecule is c1cncc(-c2ccc(-c3cc(-c4ccc(-c5cccnc5)cc4)c4[nH]c5cccc[n+]5c4c3)cc2)c1. The van der Waals surface area contributed by atoms with Gasteiger partial charge in [0.1, 0.15) is 0 Å². The van der Waals surface area contributed by atoms with E-state index in [0.29, 0.717) is 0 Å². The molecule has 0 atom stereocenters. The molecule has 0 saturated carbocycles. The van der Waals surface area contributed by atoms with E-state index in [9.17, 15) is 0 Å². The van der Waals surface area contributed by atoms with Gasteiger partial charge in [-0.2, -0.15) is 4.40 Å². The van der Waals surface area contributed by atoms with Gasteiger partial charge in [-0.3, -0.25) is 9.97 Å². The maximum atomic E-state index is 4.27. The lowest BCUT2D eigenvalue weighted by Gasteiger charge is -2.09. The summed E-state index contributed by atoms with van der Waals surface area (Å²) in [6, 6.07) is 36.4. The minimum atomic E-state index is 1.06. The van der Waals surface area contributed by atoms with Gasteiger partial charge in [0.05, 0.1) is 6.20 Å². The van der Waals surface area contributed by atoms with E-state index in [0.717, 1.165) is 38.9 Å². The number of aromatic nitrogens is 4. The molecule has 0 fully saturated rings. The second-order valence-corrected chi connectivity index (χ2v) is 9.14. The van der Waals surface area contributed by atoms with Crippen molar-refractivity contribution in [3.63, 3.8) is 0 Å². The Kier molecular flexibility index (Phi) is 5.07. The third kappa shape index (κ3) is 3.85. The third-order valence-corrected chi connectivity index (χ3v) is 6.89. The molecule has 4 heterocycles. The first-order valence-corrected chi connectivity index (χ1v) is 12.3. The minimum absolute atomic E-state index is 1.06. The number of benzene rings is 3. The van der Waals surface area contributed by atoms with Gasteiger partial charge in [-0.25, -0.2) is 4.98 Å². The summed E-state index contributed by atoms with van der Waals surface area (Å²) in [6.07, 6.45) is 9.51. The van der Waals surface area contributed by atoms with Gasteiger partial charge in [-0.1, -0.05) is 66.7 Å². The zero-order valence-corrected chi connectivity index (χ0v) is 20.0. The molecule has 37 heavy (non-hydrogen) atoms. The monoisotopic (exact) mass is 475 g/mol. The van der Waals surface area contributed by atoms with Gasteiger partial charge in [0.25, 0.3) is 5.65 Å². The molecule has 4 aromatic heterocycles. The van der Waals surface area contributed by atoms with Crippen molar-refractivity contribution in [3.8, 4) is 44.5 Å². The molecular weight excluding hydrogens is 452 g/mol. The Balaban J connectivity index is 1.38. The molecule has 0 aliphatic rings. The van der Waals surface area contributed by atoms with Crippen molar-refractivity contribution in [2.45, 2.75) is 0 Å². The third-order valence-electron chi connectivity index (χ3n) is 6.89. The van der Waals surface area contributed by atoms with E-state index in [1.807, 2.05) is 24.5 Å². The largest absolute Gasteiger partial charge is 0.284 e. The van der Waals surface area contributed by atoms with E-state index in [1.165, 1.54) is 22.3 Å². The molecule has 4 heteroatoms. The van der Waals surface area contributed by atoms with E-state index < -0.39 is 0 Å². The second-order valence-electron chi connectivity index (χ2n) is 9.14. The van der Waals surface area contributed by atoms with Crippen LogP contribution in [0.1, 0.15) is 0 Å². The first kappa shape index (κ1) is 21.2. The topological polar surface area (TPSA) is 45.7 Å². The summed E-state index contributed by atoms with van der Waals surface area (Å²) in [5.74, 6) is 0. The number of hydrogen-bond donors (Lipinski definition) is 1. The Labute approximate surface area is 214 Å². The van der Waals surface area contributed by atoms with Crippen LogP contribution in [-0.4, -0.2) is 15.0 Å². The molecular formula is C33H23N4+. The van der Waals surface area contributed by atoms with Crippen LogP contribution in [0, 0.1) is 0 Å². The number of rotatable bonds is 4. The van der Waals surface area contributed by atoms with Crippen molar-refractivity contribution in [3.05, 3.63) is 134 Å². The molecule has 0 saturated heterocycles. The van der Waals surface area contributed by atoms with Crippen molar-refractivity contribution in [1.82, 2.24) is 15.0 Å². The van der Waals surface area contributed by atoms with Crippen LogP contribution in [0.2, 0.25) is 0 Å². The Morgan fingerprint density at radius 2 is 1.11 bits per heavy atom. The van der Waals surface area contributed by atoms with Gasteiger partial charge >= 0.3 is 0 Å². The quantitative estimate of drug-likeness (QED) is 0.270. The van der Waals surface area contributed by atoms with Crippen molar-refractivity contribution in [2.24, 2.45) is 0 Å². The highest BCUT2D eigenvalue weighted by Gasteiger charge is 2.18. The number of aromatic amines is 1. The van der Waals surface area contributed by atoms with Gasteiger partial charge in [0, 0.05) is 36.4 Å². The van der Waals surface area contributed by atoms with Crippen LogP contribution in [0.15, 0.2) is 134 Å². The molecule has 0 aliphatic carbocycles. The fraction of sp³-hybridized carbons (Fsp3) is 0. The summed E-state index contributed by atoms with van der Waals surface area (Å²) in [5.41, 5.74) is 12.6. The number of nitrogens with one attached hydrogen (secondary N) is 1. The van der Waals surface area contributed by atoms with Crippen LogP contribution in [-0.2, 0) is 0 Å². The van der Waals surface area contributed by atoms with Crippen molar-refractivity contribution in [1.29, 1.82) is 0 Å². The summed E-state index contributed by atoms with van der Waals surface area (Å²) >= 11 is 0. The fourth-order valence-electron chi connectivity index (χ4n) is 4.99. The fourth-order valence-corrected chi connectivity index (χ4v) is 4.99. The first-order chi connectivity index (χ1) is 18.3. The number of fused-ring (bicyclic) bond motifs is 3. The second kappa shape index (κ2) is 8.85. The molecule has 3 aromatic carbocycles. The van der Waals surface area contributed by atoms with Gasteiger partial charge in [-0.05, 0) is 69.3 Å². The average Bonchev–Trinajstić information content (AvgIpc) is 3.37. The molecule has 1 N–H and O–H groups in total. The van der Waals surface area contributed by atoms with Gasteiger partial charge < -0.3 is 0 Å². The van der Waals surface area contributed by atoms with Crippen LogP contribution >= 0.6 is 0 Å². The van der Waals surface area contributed by atoms with E-state index in [2.05, 4.69) is 117 Å². The predicted molar refractivity (Wildman–Crippen MR) is 149 cm³/mol. The summed E-state index contributed by atoms with van der Waals surface area (Å²) < 4.78 is 2.22. The maximum absolute atomic E-state index is 4.27. The lowest BCUT2D eigenvalue weighted by atomic mass is 9.95. The van der Waals surface area contributed by atoms with Gasteiger partial charge in [0.15, 0.2) is 11.0 Å². The van der Waals surface area contributed by atoms with E-state index in [4.69, 9.17) is 0 Å². The Morgan fingerprint density at radius 1 is 0.514 bits per heavy atom. The Morgan fingerprint density at radius 3 is 1.70 bits per heavy atom. The zero-order valence-electron chi connectivity index (χ0n) is 20.0. The molecule has 0 spiro atoms. The molecule has 174 valence electrons. The minimum Gasteiger partial charge on any atom is -0.264 e. The standard InChI is InChI=1S/C33H22N4/c1-2-18-37-31-20-29(25-10-8-23(9-11-25)27-5-3-16-34-21-27)19-30(33(31)36-32(37)7-1)26-14-12-24(13-15-26)28-6-4-17-35-22-28/h1-22H/p+1. The molecule has 0 bridgehead atoms. The predicted octanol–water partition coefficient (Wildman–Crippen LogP) is 7.36. The van der Waals surface area contributed by atoms with Crippen LogP contribution in [0.4, 0.5) is 0 Å². The number of H-pyrrole nitrogens is 1. The highest BCUT2D eigenvalue weighted by Crippen LogP contribution is 2.34. The highest BCUT2D eigenvalue weighted by molar-refractivity contribution is 5.96. The van der Waals surface area contributed by atoms with Gasteiger partial charge in [-0.15, -0.1) is 0 Å². The molecule has 7 rings (SSSR count). The smallest absolute Gasteiger partial charge is 0.264 e. The zero-order chi connectivity index (χ0) is 24.6. The van der Waals surface area contributed by atoms with Crippen LogP contribution in [0.25, 0.3) is 61.2 Å². The summed E-state index contributed by atoms with van der Waals surface area (Å²) in [7, 11) is 0. The average molecular weight is 476 g/mol. The molecule has 0 aliphatic heterocycles. The first-order valence-electron chi connectivity index (χ1n) is 12.3.